The van der Waals surface area contributed by atoms with Gasteiger partial charge >= 0.3 is 0 Å². The van der Waals surface area contributed by atoms with Crippen molar-refractivity contribution in [2.45, 2.75) is 38.2 Å². The van der Waals surface area contributed by atoms with Crippen molar-refractivity contribution in [2.24, 2.45) is 5.92 Å². The van der Waals surface area contributed by atoms with Gasteiger partial charge in [0.2, 0.25) is 5.91 Å². The highest BCUT2D eigenvalue weighted by Gasteiger charge is 2.32. The van der Waals surface area contributed by atoms with Gasteiger partial charge in [0.15, 0.2) is 0 Å². The second-order valence-electron chi connectivity index (χ2n) is 6.28. The van der Waals surface area contributed by atoms with Crippen LogP contribution in [0.5, 0.6) is 0 Å². The fourth-order valence-electron chi connectivity index (χ4n) is 3.36. The highest BCUT2D eigenvalue weighted by Crippen LogP contribution is 2.29. The van der Waals surface area contributed by atoms with Crippen LogP contribution in [0.15, 0.2) is 18.2 Å². The second kappa shape index (κ2) is 6.89. The first-order chi connectivity index (χ1) is 11.1. The quantitative estimate of drug-likeness (QED) is 0.891. The Morgan fingerprint density at radius 1 is 1.17 bits per heavy atom. The summed E-state index contributed by atoms with van der Waals surface area (Å²) in [5, 5.41) is 13.1. The summed E-state index contributed by atoms with van der Waals surface area (Å²) in [4.78, 5) is 26.8. The third-order valence-corrected chi connectivity index (χ3v) is 4.91. The number of amides is 2. The van der Waals surface area contributed by atoms with Gasteiger partial charge in [-0.3, -0.25) is 9.59 Å². The number of nitrogens with one attached hydrogen (secondary N) is 1. The van der Waals surface area contributed by atoms with Crippen molar-refractivity contribution in [3.05, 3.63) is 28.8 Å². The lowest BCUT2D eigenvalue weighted by atomic mass is 10.0. The van der Waals surface area contributed by atoms with Gasteiger partial charge in [0.05, 0.1) is 23.3 Å². The molecule has 5 nitrogen and oxygen atoms in total. The maximum absolute atomic E-state index is 12.7. The SMILES string of the molecule is O=C(Nc1ccc(Cl)cc1C(=O)N1CCCC1)C1CCCC1O. The number of likely N-dealkylation sites (tertiary alicyclic amines) is 1. The average molecular weight is 337 g/mol. The zero-order valence-corrected chi connectivity index (χ0v) is 13.7. The summed E-state index contributed by atoms with van der Waals surface area (Å²) in [7, 11) is 0. The van der Waals surface area contributed by atoms with Crippen molar-refractivity contribution in [3.63, 3.8) is 0 Å². The molecule has 2 unspecified atom stereocenters. The molecule has 0 aromatic heterocycles. The summed E-state index contributed by atoms with van der Waals surface area (Å²) in [5.74, 6) is -0.736. The normalized spacial score (nSPS) is 24.0. The van der Waals surface area contributed by atoms with E-state index in [1.807, 2.05) is 0 Å². The van der Waals surface area contributed by atoms with Crippen LogP contribution < -0.4 is 5.32 Å². The number of aliphatic hydroxyl groups excluding tert-OH is 1. The Balaban J connectivity index is 1.81. The van der Waals surface area contributed by atoms with Gasteiger partial charge in [-0.15, -0.1) is 0 Å². The van der Waals surface area contributed by atoms with E-state index in [1.54, 1.807) is 23.1 Å². The van der Waals surface area contributed by atoms with Crippen molar-refractivity contribution in [2.75, 3.05) is 18.4 Å². The summed E-state index contributed by atoms with van der Waals surface area (Å²) >= 11 is 6.03. The van der Waals surface area contributed by atoms with Crippen LogP contribution in [0.4, 0.5) is 5.69 Å². The van der Waals surface area contributed by atoms with E-state index in [1.165, 1.54) is 0 Å². The molecule has 23 heavy (non-hydrogen) atoms. The molecule has 1 saturated carbocycles. The number of nitrogens with zero attached hydrogens (tertiary/aromatic N) is 1. The molecule has 1 aliphatic heterocycles. The molecule has 2 amide bonds. The number of anilines is 1. The van der Waals surface area contributed by atoms with Crippen molar-refractivity contribution in [1.82, 2.24) is 4.90 Å². The number of rotatable bonds is 3. The third-order valence-electron chi connectivity index (χ3n) is 4.68. The predicted octanol–water partition coefficient (Wildman–Crippen LogP) is 2.68. The van der Waals surface area contributed by atoms with E-state index in [4.69, 9.17) is 11.6 Å². The van der Waals surface area contributed by atoms with Gasteiger partial charge < -0.3 is 15.3 Å². The standard InChI is InChI=1S/C17H21ClN2O3/c18-11-6-7-14(19-16(22)12-4-3-5-15(12)21)13(10-11)17(23)20-8-1-2-9-20/h6-7,10,12,15,21H,1-5,8-9H2,(H,19,22). The molecule has 1 aromatic rings. The number of carbonyl (C=O) groups is 2. The molecule has 1 aromatic carbocycles. The van der Waals surface area contributed by atoms with Crippen LogP contribution in [0.25, 0.3) is 0 Å². The Morgan fingerprint density at radius 3 is 2.57 bits per heavy atom. The lowest BCUT2D eigenvalue weighted by Crippen LogP contribution is -2.31. The third kappa shape index (κ3) is 3.51. The minimum absolute atomic E-state index is 0.104. The van der Waals surface area contributed by atoms with Gasteiger partial charge in [0.1, 0.15) is 0 Å². The Morgan fingerprint density at radius 2 is 1.91 bits per heavy atom. The highest BCUT2D eigenvalue weighted by molar-refractivity contribution is 6.31. The first-order valence-electron chi connectivity index (χ1n) is 8.14. The van der Waals surface area contributed by atoms with E-state index in [2.05, 4.69) is 5.32 Å². The summed E-state index contributed by atoms with van der Waals surface area (Å²) in [6.45, 7) is 1.47. The van der Waals surface area contributed by atoms with Crippen LogP contribution in [0.1, 0.15) is 42.5 Å². The molecule has 2 atom stereocenters. The number of aliphatic hydroxyl groups is 1. The molecular formula is C17H21ClN2O3. The Bertz CT molecular complexity index is 614. The van der Waals surface area contributed by atoms with Crippen molar-refractivity contribution < 1.29 is 14.7 Å². The number of carbonyl (C=O) groups excluding carboxylic acids is 2. The molecule has 0 spiro atoms. The molecule has 0 bridgehead atoms. The molecule has 2 N–H and O–H groups in total. The van der Waals surface area contributed by atoms with Gasteiger partial charge in [-0.2, -0.15) is 0 Å². The Hall–Kier alpha value is -1.59. The number of hydrogen-bond donors (Lipinski definition) is 2. The molecule has 2 fully saturated rings. The van der Waals surface area contributed by atoms with E-state index >= 15 is 0 Å². The van der Waals surface area contributed by atoms with Crippen LogP contribution in [0, 0.1) is 5.92 Å². The van der Waals surface area contributed by atoms with E-state index < -0.39 is 12.0 Å². The lowest BCUT2D eigenvalue weighted by molar-refractivity contribution is -0.122. The summed E-state index contributed by atoms with van der Waals surface area (Å²) in [5.41, 5.74) is 0.885. The first-order valence-corrected chi connectivity index (χ1v) is 8.52. The fraction of sp³-hybridized carbons (Fsp3) is 0.529. The monoisotopic (exact) mass is 336 g/mol. The molecule has 1 aliphatic carbocycles. The van der Waals surface area contributed by atoms with Gasteiger partial charge in [0.25, 0.3) is 5.91 Å². The summed E-state index contributed by atoms with van der Waals surface area (Å²) in [6.07, 6.45) is 3.58. The zero-order chi connectivity index (χ0) is 16.4. The van der Waals surface area contributed by atoms with Gasteiger partial charge in [-0.1, -0.05) is 11.6 Å². The van der Waals surface area contributed by atoms with Crippen molar-refractivity contribution in [1.29, 1.82) is 0 Å². The van der Waals surface area contributed by atoms with E-state index in [0.717, 1.165) is 32.4 Å². The van der Waals surface area contributed by atoms with E-state index in [0.29, 0.717) is 29.1 Å². The molecule has 3 rings (SSSR count). The number of hydrogen-bond acceptors (Lipinski definition) is 3. The molecule has 6 heteroatoms. The van der Waals surface area contributed by atoms with Crippen LogP contribution in [0.3, 0.4) is 0 Å². The van der Waals surface area contributed by atoms with E-state index in [9.17, 15) is 14.7 Å². The summed E-state index contributed by atoms with van der Waals surface area (Å²) < 4.78 is 0. The van der Waals surface area contributed by atoms with Crippen molar-refractivity contribution >= 4 is 29.1 Å². The molecule has 1 saturated heterocycles. The smallest absolute Gasteiger partial charge is 0.256 e. The molecule has 124 valence electrons. The highest BCUT2D eigenvalue weighted by atomic mass is 35.5. The predicted molar refractivity (Wildman–Crippen MR) is 88.6 cm³/mol. The second-order valence-corrected chi connectivity index (χ2v) is 6.72. The van der Waals surface area contributed by atoms with Crippen LogP contribution >= 0.6 is 11.6 Å². The molecule has 2 aliphatic rings. The van der Waals surface area contributed by atoms with Crippen molar-refractivity contribution in [3.8, 4) is 0 Å². The fourth-order valence-corrected chi connectivity index (χ4v) is 3.54. The van der Waals surface area contributed by atoms with Crippen LogP contribution in [-0.4, -0.2) is 41.0 Å². The first kappa shape index (κ1) is 16.3. The maximum Gasteiger partial charge on any atom is 0.256 e. The largest absolute Gasteiger partial charge is 0.392 e. The number of benzene rings is 1. The topological polar surface area (TPSA) is 69.6 Å². The lowest BCUT2D eigenvalue weighted by Gasteiger charge is -2.20. The van der Waals surface area contributed by atoms with Gasteiger partial charge in [-0.05, 0) is 50.3 Å². The van der Waals surface area contributed by atoms with Crippen LogP contribution in [-0.2, 0) is 4.79 Å². The summed E-state index contributed by atoms with van der Waals surface area (Å²) in [6, 6.07) is 4.91. The number of halogens is 1. The molecule has 0 radical (unpaired) electrons. The minimum Gasteiger partial charge on any atom is -0.392 e. The molecular weight excluding hydrogens is 316 g/mol. The zero-order valence-electron chi connectivity index (χ0n) is 12.9. The van der Waals surface area contributed by atoms with Gasteiger partial charge in [-0.25, -0.2) is 0 Å². The average Bonchev–Trinajstić information content (AvgIpc) is 3.19. The minimum atomic E-state index is -0.597. The maximum atomic E-state index is 12.7. The Kier molecular flexibility index (Phi) is 4.87. The van der Waals surface area contributed by atoms with E-state index in [-0.39, 0.29) is 11.8 Å². The molecule has 1 heterocycles. The van der Waals surface area contributed by atoms with Crippen LogP contribution in [0.2, 0.25) is 5.02 Å². The van der Waals surface area contributed by atoms with Gasteiger partial charge in [0, 0.05) is 18.1 Å². The Labute approximate surface area is 140 Å².